The maximum Gasteiger partial charge on any atom is 0.309 e. The van der Waals surface area contributed by atoms with Crippen LogP contribution in [0.1, 0.15) is 27.7 Å². The average molecular weight is 160 g/mol. The Bertz CT molecular complexity index is 149. The zero-order chi connectivity index (χ0) is 9.23. The molecule has 0 radical (unpaired) electrons. The second-order valence-corrected chi connectivity index (χ2v) is 3.44. The van der Waals surface area contributed by atoms with Crippen LogP contribution in [0.5, 0.6) is 0 Å². The van der Waals surface area contributed by atoms with Crippen molar-refractivity contribution in [3.8, 4) is 0 Å². The summed E-state index contributed by atoms with van der Waals surface area (Å²) in [6.07, 6.45) is 0. The van der Waals surface area contributed by atoms with Crippen molar-refractivity contribution >= 4 is 5.97 Å². The summed E-state index contributed by atoms with van der Waals surface area (Å²) in [6.45, 7) is 6.68. The maximum absolute atomic E-state index is 10.5. The van der Waals surface area contributed by atoms with Crippen molar-refractivity contribution in [2.45, 2.75) is 33.3 Å². The third-order valence-corrected chi connectivity index (χ3v) is 2.42. The van der Waals surface area contributed by atoms with Gasteiger partial charge >= 0.3 is 5.97 Å². The van der Waals surface area contributed by atoms with Crippen LogP contribution in [-0.4, -0.2) is 21.8 Å². The number of carboxylic acids is 1. The van der Waals surface area contributed by atoms with Gasteiger partial charge in [-0.05, 0) is 19.8 Å². The van der Waals surface area contributed by atoms with Crippen molar-refractivity contribution in [3.05, 3.63) is 0 Å². The van der Waals surface area contributed by atoms with Gasteiger partial charge in [-0.1, -0.05) is 13.8 Å². The lowest BCUT2D eigenvalue weighted by molar-refractivity contribution is -0.152. The fraction of sp³-hybridized carbons (Fsp3) is 0.875. The van der Waals surface area contributed by atoms with E-state index in [1.807, 2.05) is 0 Å². The Hall–Kier alpha value is -0.570. The standard InChI is InChI=1S/C8H16O3/c1-5(2)8(4,11)6(3)7(9)10/h5-6,11H,1-4H3,(H,9,10). The Morgan fingerprint density at radius 1 is 1.36 bits per heavy atom. The highest BCUT2D eigenvalue weighted by Crippen LogP contribution is 2.25. The van der Waals surface area contributed by atoms with Crippen LogP contribution in [0.25, 0.3) is 0 Å². The van der Waals surface area contributed by atoms with Gasteiger partial charge in [0.05, 0.1) is 11.5 Å². The largest absolute Gasteiger partial charge is 0.481 e. The van der Waals surface area contributed by atoms with E-state index in [2.05, 4.69) is 0 Å². The van der Waals surface area contributed by atoms with Crippen molar-refractivity contribution in [1.29, 1.82) is 0 Å². The van der Waals surface area contributed by atoms with Crippen LogP contribution >= 0.6 is 0 Å². The molecule has 0 saturated heterocycles. The Morgan fingerprint density at radius 2 is 1.73 bits per heavy atom. The molecule has 2 N–H and O–H groups in total. The van der Waals surface area contributed by atoms with Gasteiger partial charge in [0.25, 0.3) is 0 Å². The Morgan fingerprint density at radius 3 is 1.82 bits per heavy atom. The summed E-state index contributed by atoms with van der Waals surface area (Å²) in [7, 11) is 0. The zero-order valence-corrected chi connectivity index (χ0v) is 7.46. The van der Waals surface area contributed by atoms with E-state index in [1.54, 1.807) is 20.8 Å². The fourth-order valence-electron chi connectivity index (χ4n) is 0.750. The van der Waals surface area contributed by atoms with E-state index in [0.717, 1.165) is 0 Å². The Kier molecular flexibility index (Phi) is 3.05. The molecule has 0 aromatic carbocycles. The summed E-state index contributed by atoms with van der Waals surface area (Å²) in [5.74, 6) is -1.72. The topological polar surface area (TPSA) is 57.5 Å². The third kappa shape index (κ3) is 2.19. The Balaban J connectivity index is 4.41. The number of rotatable bonds is 3. The van der Waals surface area contributed by atoms with Crippen LogP contribution in [0.3, 0.4) is 0 Å². The number of aliphatic hydroxyl groups is 1. The molecule has 0 fully saturated rings. The van der Waals surface area contributed by atoms with Gasteiger partial charge in [-0.15, -0.1) is 0 Å². The Labute approximate surface area is 67.0 Å². The molecule has 0 aromatic rings. The highest BCUT2D eigenvalue weighted by Gasteiger charge is 2.36. The molecule has 0 amide bonds. The van der Waals surface area contributed by atoms with E-state index in [4.69, 9.17) is 5.11 Å². The third-order valence-electron chi connectivity index (χ3n) is 2.42. The SMILES string of the molecule is CC(C)C(C)(O)C(C)C(=O)O. The van der Waals surface area contributed by atoms with Gasteiger partial charge in [-0.3, -0.25) is 4.79 Å². The molecule has 2 unspecified atom stereocenters. The number of hydrogen-bond donors (Lipinski definition) is 2. The van der Waals surface area contributed by atoms with E-state index in [-0.39, 0.29) is 5.92 Å². The second-order valence-electron chi connectivity index (χ2n) is 3.44. The highest BCUT2D eigenvalue weighted by molar-refractivity contribution is 5.71. The van der Waals surface area contributed by atoms with Gasteiger partial charge in [0.1, 0.15) is 0 Å². The lowest BCUT2D eigenvalue weighted by Crippen LogP contribution is -2.42. The quantitative estimate of drug-likeness (QED) is 0.650. The smallest absolute Gasteiger partial charge is 0.309 e. The average Bonchev–Trinajstić information content (AvgIpc) is 1.85. The van der Waals surface area contributed by atoms with Crippen molar-refractivity contribution in [3.63, 3.8) is 0 Å². The molecule has 0 aliphatic rings. The van der Waals surface area contributed by atoms with Crippen molar-refractivity contribution in [2.24, 2.45) is 11.8 Å². The zero-order valence-electron chi connectivity index (χ0n) is 7.46. The minimum Gasteiger partial charge on any atom is -0.481 e. The van der Waals surface area contributed by atoms with Crippen molar-refractivity contribution in [1.82, 2.24) is 0 Å². The van der Waals surface area contributed by atoms with Gasteiger partial charge in [0.2, 0.25) is 0 Å². The summed E-state index contributed by atoms with van der Waals surface area (Å²) < 4.78 is 0. The normalized spacial score (nSPS) is 19.5. The summed E-state index contributed by atoms with van der Waals surface area (Å²) in [5, 5.41) is 18.3. The van der Waals surface area contributed by atoms with E-state index >= 15 is 0 Å². The molecule has 3 heteroatoms. The van der Waals surface area contributed by atoms with E-state index in [0.29, 0.717) is 0 Å². The molecule has 0 spiro atoms. The predicted molar refractivity (Wildman–Crippen MR) is 42.3 cm³/mol. The molecule has 2 atom stereocenters. The monoisotopic (exact) mass is 160 g/mol. The van der Waals surface area contributed by atoms with Crippen molar-refractivity contribution in [2.75, 3.05) is 0 Å². The number of hydrogen-bond acceptors (Lipinski definition) is 2. The van der Waals surface area contributed by atoms with Crippen LogP contribution in [0.4, 0.5) is 0 Å². The second kappa shape index (κ2) is 3.22. The molecule has 0 saturated carbocycles. The van der Waals surface area contributed by atoms with Crippen LogP contribution in [0, 0.1) is 11.8 Å². The summed E-state index contributed by atoms with van der Waals surface area (Å²) >= 11 is 0. The number of aliphatic carboxylic acids is 1. The van der Waals surface area contributed by atoms with Gasteiger partial charge in [-0.2, -0.15) is 0 Å². The first kappa shape index (κ1) is 10.4. The predicted octanol–water partition coefficient (Wildman–Crippen LogP) is 1.11. The molecule has 0 aliphatic heterocycles. The van der Waals surface area contributed by atoms with Gasteiger partial charge < -0.3 is 10.2 Å². The minimum atomic E-state index is -1.12. The summed E-state index contributed by atoms with van der Waals surface area (Å²) in [4.78, 5) is 10.5. The van der Waals surface area contributed by atoms with Crippen LogP contribution in [-0.2, 0) is 4.79 Å². The summed E-state index contributed by atoms with van der Waals surface area (Å²) in [6, 6.07) is 0. The molecule has 0 aliphatic carbocycles. The first-order valence-corrected chi connectivity index (χ1v) is 3.75. The van der Waals surface area contributed by atoms with Crippen LogP contribution < -0.4 is 0 Å². The molecule has 0 heterocycles. The summed E-state index contributed by atoms with van der Waals surface area (Å²) in [5.41, 5.74) is -1.12. The van der Waals surface area contributed by atoms with E-state index in [9.17, 15) is 9.90 Å². The van der Waals surface area contributed by atoms with Crippen LogP contribution in [0.15, 0.2) is 0 Å². The lowest BCUT2D eigenvalue weighted by atomic mass is 9.81. The maximum atomic E-state index is 10.5. The van der Waals surface area contributed by atoms with E-state index < -0.39 is 17.5 Å². The van der Waals surface area contributed by atoms with Crippen LogP contribution in [0.2, 0.25) is 0 Å². The molecular weight excluding hydrogens is 144 g/mol. The number of carboxylic acid groups (broad SMARTS) is 1. The molecule has 0 aromatic heterocycles. The van der Waals surface area contributed by atoms with E-state index in [1.165, 1.54) is 6.92 Å². The van der Waals surface area contributed by atoms with Crippen molar-refractivity contribution < 1.29 is 15.0 Å². The van der Waals surface area contributed by atoms with Gasteiger partial charge in [-0.25, -0.2) is 0 Å². The van der Waals surface area contributed by atoms with Gasteiger partial charge in [0.15, 0.2) is 0 Å². The molecule has 0 bridgehead atoms. The number of carbonyl (C=O) groups is 1. The lowest BCUT2D eigenvalue weighted by Gasteiger charge is -2.31. The highest BCUT2D eigenvalue weighted by atomic mass is 16.4. The molecule has 0 rings (SSSR count). The molecule has 3 nitrogen and oxygen atoms in total. The van der Waals surface area contributed by atoms with Gasteiger partial charge in [0, 0.05) is 0 Å². The first-order valence-electron chi connectivity index (χ1n) is 3.75. The first-order chi connectivity index (χ1) is 4.80. The molecule has 11 heavy (non-hydrogen) atoms. The fourth-order valence-corrected chi connectivity index (χ4v) is 0.750. The minimum absolute atomic E-state index is 0.0476. The molecule has 66 valence electrons. The molecular formula is C8H16O3.